The average molecular weight is 479 g/mol. The Labute approximate surface area is 201 Å². The van der Waals surface area contributed by atoms with Crippen molar-refractivity contribution in [3.63, 3.8) is 0 Å². The summed E-state index contributed by atoms with van der Waals surface area (Å²) in [6.07, 6.45) is 0.953. The molecule has 2 aromatic carbocycles. The van der Waals surface area contributed by atoms with E-state index in [0.717, 1.165) is 30.3 Å². The first kappa shape index (κ1) is 23.1. The van der Waals surface area contributed by atoms with Crippen LogP contribution in [0.1, 0.15) is 30.1 Å². The SMILES string of the molecule is COc1ccc(NC(=O)c2nnc(CN(CCc3ccccc3)Cc3ccc(C)s3)s2)cc1. The second-order valence-corrected chi connectivity index (χ2v) is 10.1. The average Bonchev–Trinajstić information content (AvgIpc) is 3.47. The fourth-order valence-electron chi connectivity index (χ4n) is 3.40. The number of aromatic nitrogens is 2. The number of anilines is 1. The van der Waals surface area contributed by atoms with Crippen LogP contribution in [0, 0.1) is 6.92 Å². The number of methoxy groups -OCH3 is 1. The first-order chi connectivity index (χ1) is 16.1. The second-order valence-electron chi connectivity index (χ2n) is 7.64. The molecule has 4 rings (SSSR count). The standard InChI is InChI=1S/C25H26N4O2S2/c1-18-8-13-22(32-18)16-29(15-14-19-6-4-3-5-7-19)17-23-27-28-25(33-23)24(30)26-20-9-11-21(31-2)12-10-20/h3-13H,14-17H2,1-2H3,(H,26,30). The van der Waals surface area contributed by atoms with E-state index in [1.165, 1.54) is 26.7 Å². The molecule has 170 valence electrons. The lowest BCUT2D eigenvalue weighted by atomic mass is 10.1. The topological polar surface area (TPSA) is 67.3 Å². The van der Waals surface area contributed by atoms with Crippen LogP contribution in [0.3, 0.4) is 0 Å². The molecule has 0 aliphatic carbocycles. The van der Waals surface area contributed by atoms with E-state index in [4.69, 9.17) is 4.74 Å². The first-order valence-electron chi connectivity index (χ1n) is 10.7. The van der Waals surface area contributed by atoms with Gasteiger partial charge in [0.15, 0.2) is 0 Å². The van der Waals surface area contributed by atoms with E-state index in [2.05, 4.69) is 63.7 Å². The second kappa shape index (κ2) is 11.2. The number of hydrogen-bond donors (Lipinski definition) is 1. The summed E-state index contributed by atoms with van der Waals surface area (Å²) in [6, 6.07) is 22.0. The van der Waals surface area contributed by atoms with Crippen molar-refractivity contribution in [2.45, 2.75) is 26.4 Å². The van der Waals surface area contributed by atoms with E-state index in [9.17, 15) is 4.79 Å². The summed E-state index contributed by atoms with van der Waals surface area (Å²) in [5.41, 5.74) is 2.00. The zero-order chi connectivity index (χ0) is 23.0. The van der Waals surface area contributed by atoms with Crippen LogP contribution in [-0.2, 0) is 19.5 Å². The lowest BCUT2D eigenvalue weighted by molar-refractivity contribution is 0.102. The van der Waals surface area contributed by atoms with Gasteiger partial charge in [-0.05, 0) is 55.3 Å². The van der Waals surface area contributed by atoms with Gasteiger partial charge in [-0.2, -0.15) is 0 Å². The molecule has 0 fully saturated rings. The van der Waals surface area contributed by atoms with Gasteiger partial charge in [0.25, 0.3) is 5.91 Å². The number of carbonyl (C=O) groups excluding carboxylic acids is 1. The third kappa shape index (κ3) is 6.71. The Hall–Kier alpha value is -3.07. The van der Waals surface area contributed by atoms with Crippen molar-refractivity contribution in [3.05, 3.63) is 92.1 Å². The minimum absolute atomic E-state index is 0.256. The largest absolute Gasteiger partial charge is 0.497 e. The quantitative estimate of drug-likeness (QED) is 0.330. The summed E-state index contributed by atoms with van der Waals surface area (Å²) in [4.78, 5) is 17.6. The highest BCUT2D eigenvalue weighted by Gasteiger charge is 2.16. The zero-order valence-electron chi connectivity index (χ0n) is 18.7. The van der Waals surface area contributed by atoms with E-state index in [1.54, 1.807) is 31.4 Å². The Balaban J connectivity index is 1.41. The zero-order valence-corrected chi connectivity index (χ0v) is 20.3. The van der Waals surface area contributed by atoms with Crippen LogP contribution >= 0.6 is 22.7 Å². The lowest BCUT2D eigenvalue weighted by Crippen LogP contribution is -2.25. The lowest BCUT2D eigenvalue weighted by Gasteiger charge is -2.20. The van der Waals surface area contributed by atoms with Crippen LogP contribution in [0.15, 0.2) is 66.7 Å². The minimum atomic E-state index is -0.256. The van der Waals surface area contributed by atoms with Crippen molar-refractivity contribution in [2.24, 2.45) is 0 Å². The van der Waals surface area contributed by atoms with E-state index in [0.29, 0.717) is 17.2 Å². The molecule has 1 amide bonds. The van der Waals surface area contributed by atoms with Gasteiger partial charge in [-0.15, -0.1) is 21.5 Å². The van der Waals surface area contributed by atoms with Gasteiger partial charge in [0.1, 0.15) is 10.8 Å². The summed E-state index contributed by atoms with van der Waals surface area (Å²) in [5, 5.41) is 12.5. The molecule has 1 N–H and O–H groups in total. The molecule has 0 saturated heterocycles. The van der Waals surface area contributed by atoms with Crippen LogP contribution in [0.4, 0.5) is 5.69 Å². The number of thiophene rings is 1. The van der Waals surface area contributed by atoms with Crippen molar-refractivity contribution in [3.8, 4) is 5.75 Å². The number of hydrogen-bond acceptors (Lipinski definition) is 7. The van der Waals surface area contributed by atoms with Crippen molar-refractivity contribution in [2.75, 3.05) is 19.0 Å². The fraction of sp³-hybridized carbons (Fsp3) is 0.240. The highest BCUT2D eigenvalue weighted by molar-refractivity contribution is 7.13. The Morgan fingerprint density at radius 1 is 0.970 bits per heavy atom. The van der Waals surface area contributed by atoms with Crippen molar-refractivity contribution in [1.29, 1.82) is 0 Å². The first-order valence-corrected chi connectivity index (χ1v) is 12.3. The molecular formula is C25H26N4O2S2. The van der Waals surface area contributed by atoms with Crippen LogP contribution in [0.25, 0.3) is 0 Å². The maximum absolute atomic E-state index is 12.6. The molecule has 8 heteroatoms. The Kier molecular flexibility index (Phi) is 7.83. The molecule has 0 saturated carbocycles. The maximum Gasteiger partial charge on any atom is 0.286 e. The molecule has 33 heavy (non-hydrogen) atoms. The van der Waals surface area contributed by atoms with Gasteiger partial charge >= 0.3 is 0 Å². The molecule has 6 nitrogen and oxygen atoms in total. The molecular weight excluding hydrogens is 452 g/mol. The molecule has 0 aliphatic heterocycles. The number of amides is 1. The smallest absolute Gasteiger partial charge is 0.286 e. The fourth-order valence-corrected chi connectivity index (χ4v) is 5.11. The highest BCUT2D eigenvalue weighted by atomic mass is 32.1. The third-order valence-electron chi connectivity index (χ3n) is 5.10. The summed E-state index contributed by atoms with van der Waals surface area (Å²) in [5.74, 6) is 0.483. The van der Waals surface area contributed by atoms with E-state index < -0.39 is 0 Å². The number of ether oxygens (including phenoxy) is 1. The summed E-state index contributed by atoms with van der Waals surface area (Å²) in [7, 11) is 1.61. The Bertz CT molecular complexity index is 1170. The van der Waals surface area contributed by atoms with Crippen molar-refractivity contribution >= 4 is 34.3 Å². The molecule has 4 aromatic rings. The van der Waals surface area contributed by atoms with Gasteiger partial charge in [-0.25, -0.2) is 0 Å². The highest BCUT2D eigenvalue weighted by Crippen LogP contribution is 2.21. The predicted octanol–water partition coefficient (Wildman–Crippen LogP) is 5.41. The van der Waals surface area contributed by atoms with Crippen molar-refractivity contribution < 1.29 is 9.53 Å². The molecule has 2 aromatic heterocycles. The Morgan fingerprint density at radius 2 is 1.76 bits per heavy atom. The van der Waals surface area contributed by atoms with Crippen LogP contribution < -0.4 is 10.1 Å². The molecule has 0 spiro atoms. The number of rotatable bonds is 10. The maximum atomic E-state index is 12.6. The number of carbonyl (C=O) groups is 1. The van der Waals surface area contributed by atoms with Gasteiger partial charge in [-0.1, -0.05) is 41.7 Å². The predicted molar refractivity (Wildman–Crippen MR) is 134 cm³/mol. The van der Waals surface area contributed by atoms with Gasteiger partial charge in [0.05, 0.1) is 13.7 Å². The summed E-state index contributed by atoms with van der Waals surface area (Å²) >= 11 is 3.15. The van der Waals surface area contributed by atoms with Crippen LogP contribution in [0.5, 0.6) is 5.75 Å². The van der Waals surface area contributed by atoms with Gasteiger partial charge in [0.2, 0.25) is 5.01 Å². The molecule has 0 bridgehead atoms. The van der Waals surface area contributed by atoms with E-state index in [1.807, 2.05) is 17.4 Å². The number of nitrogens with zero attached hydrogens (tertiary/aromatic N) is 3. The molecule has 0 atom stereocenters. The summed E-state index contributed by atoms with van der Waals surface area (Å²) in [6.45, 7) is 4.52. The van der Waals surface area contributed by atoms with Gasteiger partial charge in [-0.3, -0.25) is 9.69 Å². The molecule has 0 radical (unpaired) electrons. The molecule has 0 unspecified atom stereocenters. The molecule has 2 heterocycles. The molecule has 0 aliphatic rings. The minimum Gasteiger partial charge on any atom is -0.497 e. The van der Waals surface area contributed by atoms with E-state index in [-0.39, 0.29) is 5.91 Å². The number of nitrogens with one attached hydrogen (secondary N) is 1. The van der Waals surface area contributed by atoms with Gasteiger partial charge in [0, 0.05) is 28.5 Å². The van der Waals surface area contributed by atoms with E-state index >= 15 is 0 Å². The normalized spacial score (nSPS) is 11.0. The Morgan fingerprint density at radius 3 is 2.45 bits per heavy atom. The van der Waals surface area contributed by atoms with Crippen LogP contribution in [-0.4, -0.2) is 34.7 Å². The summed E-state index contributed by atoms with van der Waals surface area (Å²) < 4.78 is 5.15. The van der Waals surface area contributed by atoms with Gasteiger partial charge < -0.3 is 10.1 Å². The third-order valence-corrected chi connectivity index (χ3v) is 7.00. The number of benzene rings is 2. The van der Waals surface area contributed by atoms with Crippen LogP contribution in [0.2, 0.25) is 0 Å². The monoisotopic (exact) mass is 478 g/mol. The number of aryl methyl sites for hydroxylation is 1. The van der Waals surface area contributed by atoms with Crippen molar-refractivity contribution in [1.82, 2.24) is 15.1 Å².